The molecule has 0 aliphatic carbocycles. The van der Waals surface area contributed by atoms with Crippen molar-refractivity contribution in [3.05, 3.63) is 86.0 Å². The summed E-state index contributed by atoms with van der Waals surface area (Å²) in [6, 6.07) is 9.98. The van der Waals surface area contributed by atoms with Crippen molar-refractivity contribution in [3.8, 4) is 0 Å². The molecule has 0 radical (unpaired) electrons. The third-order valence-electron chi connectivity index (χ3n) is 9.68. The molecular formula is C44H58FN5O12W. The van der Waals surface area contributed by atoms with Crippen LogP contribution in [0.25, 0.3) is 10.9 Å². The maximum absolute atomic E-state index is 14.2. The predicted molar refractivity (Wildman–Crippen MR) is 226 cm³/mol. The zero-order valence-corrected chi connectivity index (χ0v) is 38.6. The number of hydrogen-bond acceptors (Lipinski definition) is 10. The van der Waals surface area contributed by atoms with Crippen molar-refractivity contribution in [1.82, 2.24) is 20.9 Å². The summed E-state index contributed by atoms with van der Waals surface area (Å²) < 4.78 is 14.2. The Hall–Kier alpha value is -5.61. The van der Waals surface area contributed by atoms with Crippen LogP contribution in [0.1, 0.15) is 75.8 Å². The minimum absolute atomic E-state index is 0. The molecule has 9 N–H and O–H groups in total. The number of rotatable bonds is 27. The van der Waals surface area contributed by atoms with Gasteiger partial charge in [0.25, 0.3) is 0 Å². The number of halogens is 1. The Morgan fingerprint density at radius 3 is 1.92 bits per heavy atom. The third-order valence-corrected chi connectivity index (χ3v) is 9.68. The first kappa shape index (κ1) is 57.4. The second-order valence-corrected chi connectivity index (χ2v) is 14.6. The summed E-state index contributed by atoms with van der Waals surface area (Å²) in [7, 11) is 1.35. The number of ketones is 3. The number of H-pyrrole nitrogens is 1. The Morgan fingerprint density at radius 2 is 1.35 bits per heavy atom. The van der Waals surface area contributed by atoms with E-state index in [2.05, 4.69) is 27.9 Å². The third kappa shape index (κ3) is 20.9. The van der Waals surface area contributed by atoms with Gasteiger partial charge in [-0.3, -0.25) is 43.2 Å². The molecule has 5 atom stereocenters. The van der Waals surface area contributed by atoms with Gasteiger partial charge in [-0.05, 0) is 55.6 Å². The van der Waals surface area contributed by atoms with Crippen LogP contribution in [-0.4, -0.2) is 99.0 Å². The summed E-state index contributed by atoms with van der Waals surface area (Å²) in [5.74, 6) is -12.5. The molecular weight excluding hydrogens is 993 g/mol. The van der Waals surface area contributed by atoms with Crippen LogP contribution in [0.4, 0.5) is 4.39 Å². The van der Waals surface area contributed by atoms with Gasteiger partial charge in [0.1, 0.15) is 5.82 Å². The van der Waals surface area contributed by atoms with Crippen molar-refractivity contribution in [1.29, 1.82) is 0 Å². The molecule has 0 aliphatic rings. The first-order chi connectivity index (χ1) is 28.9. The van der Waals surface area contributed by atoms with E-state index in [0.717, 1.165) is 23.4 Å². The minimum atomic E-state index is -1.29. The number of aromatic amines is 1. The van der Waals surface area contributed by atoms with Gasteiger partial charge >= 0.3 is 39.0 Å². The molecule has 63 heavy (non-hydrogen) atoms. The molecule has 3 rings (SSSR count). The van der Waals surface area contributed by atoms with E-state index in [0.29, 0.717) is 11.1 Å². The van der Waals surface area contributed by atoms with E-state index >= 15 is 0 Å². The number of carboxylic acid groups (broad SMARTS) is 3. The van der Waals surface area contributed by atoms with Crippen LogP contribution in [0, 0.1) is 37.9 Å². The number of aromatic nitrogens is 1. The Bertz CT molecular complexity index is 2030. The van der Waals surface area contributed by atoms with Gasteiger partial charge in [-0.15, -0.1) is 0 Å². The molecule has 0 aliphatic heterocycles. The number of nitrogens with two attached hydrogens (primary N) is 1. The molecule has 1 aromatic heterocycles. The van der Waals surface area contributed by atoms with Crippen LogP contribution in [0.3, 0.4) is 0 Å². The minimum Gasteiger partial charge on any atom is -0.481 e. The van der Waals surface area contributed by atoms with Crippen LogP contribution in [0.5, 0.6) is 0 Å². The zero-order chi connectivity index (χ0) is 45.6. The number of carboxylic acids is 3. The SMILES string of the molecule is CN[C@H](CC(=O)O)C(=O)C[C@@H](CCC(=O)O)C(=O)NCC(=O)C[C@@H](Cc1cccc(F)c1)C(=O)N[C@@H](Cc1c[nH]c2ccccc12)C(=O)C[C@@H](CCC(=O)O)C(N)=O.[CH2-]CC.[CH3-].[W+2]. The molecule has 0 saturated heterocycles. The summed E-state index contributed by atoms with van der Waals surface area (Å²) in [6.45, 7) is 4.84. The van der Waals surface area contributed by atoms with E-state index < -0.39 is 134 Å². The Kier molecular flexibility index (Phi) is 27.0. The van der Waals surface area contributed by atoms with Crippen molar-refractivity contribution >= 4 is 63.9 Å². The van der Waals surface area contributed by atoms with Gasteiger partial charge < -0.3 is 56.3 Å². The molecule has 0 spiro atoms. The Labute approximate surface area is 380 Å². The fraction of sp³-hybridized carbons (Fsp3) is 0.432. The van der Waals surface area contributed by atoms with Gasteiger partial charge in [-0.2, -0.15) is 6.42 Å². The fourth-order valence-electron chi connectivity index (χ4n) is 6.53. The van der Waals surface area contributed by atoms with Crippen LogP contribution >= 0.6 is 0 Å². The van der Waals surface area contributed by atoms with E-state index in [1.807, 2.05) is 6.92 Å². The predicted octanol–water partition coefficient (Wildman–Crippen LogP) is 3.38. The van der Waals surface area contributed by atoms with Crippen LogP contribution in [0.15, 0.2) is 54.7 Å². The number of benzene rings is 2. The zero-order valence-electron chi connectivity index (χ0n) is 35.7. The molecule has 1 heterocycles. The number of nitrogens with one attached hydrogen (secondary N) is 4. The van der Waals surface area contributed by atoms with E-state index in [9.17, 15) is 52.6 Å². The van der Waals surface area contributed by atoms with E-state index in [4.69, 9.17) is 15.9 Å². The molecule has 0 saturated carbocycles. The number of para-hydroxylation sites is 1. The normalized spacial score (nSPS) is 12.9. The van der Waals surface area contributed by atoms with Crippen LogP contribution in [-0.2, 0) is 77.1 Å². The molecule has 17 nitrogen and oxygen atoms in total. The topological polar surface area (TPSA) is 292 Å². The number of carbonyl (C=O) groups excluding carboxylic acids is 6. The fourth-order valence-corrected chi connectivity index (χ4v) is 6.53. The summed E-state index contributed by atoms with van der Waals surface area (Å²) >= 11 is 0. The standard InChI is InChI=1S/C40H48FN5O12.C3H7.CH3.W/c1-43-31(19-37(54)55)33(48)18-24(10-12-36(52)53)39(57)45-21-28(47)15-25(13-22-5-4-6-27(41)14-22)40(58)46-32(16-26-20-44-30-8-3-2-7-29(26)30)34(49)17-23(38(42)56)9-11-35(50)51;1-3-2;;/h2-8,14,20,23-25,31-32,43-44H,9-13,15-19,21H2,1H3,(H2,42,56)(H,45,57)(H,46,58)(H,50,51)(H,52,53)(H,54,55);1,3H2,2H3;1H3;/q;2*-1;+2/t23-,24-,25-,31-,32+;;;/m1.../s1. The van der Waals surface area contributed by atoms with Crippen molar-refractivity contribution in [3.63, 3.8) is 0 Å². The molecule has 0 unspecified atom stereocenters. The average molecular weight is 1050 g/mol. The summed E-state index contributed by atoms with van der Waals surface area (Å²) in [4.78, 5) is 116. The number of hydrogen-bond donors (Lipinski definition) is 8. The number of primary amides is 1. The van der Waals surface area contributed by atoms with Gasteiger partial charge in [-0.25, -0.2) is 4.39 Å². The van der Waals surface area contributed by atoms with Gasteiger partial charge in [0.15, 0.2) is 17.3 Å². The number of fused-ring (bicyclic) bond motifs is 1. The van der Waals surface area contributed by atoms with Crippen LogP contribution in [0.2, 0.25) is 0 Å². The van der Waals surface area contributed by atoms with Crippen molar-refractivity contribution in [2.45, 2.75) is 89.6 Å². The second-order valence-electron chi connectivity index (χ2n) is 14.6. The first-order valence-electron chi connectivity index (χ1n) is 19.7. The quantitative estimate of drug-likeness (QED) is 0.0509. The Balaban J connectivity index is 0.00000746. The largest absolute Gasteiger partial charge is 2.00 e. The first-order valence-corrected chi connectivity index (χ1v) is 19.7. The number of Topliss-reactive ketones (excluding diaryl/α,β-unsaturated/α-hetero) is 3. The number of aliphatic carboxylic acids is 3. The van der Waals surface area contributed by atoms with Crippen molar-refractivity contribution in [2.75, 3.05) is 13.6 Å². The van der Waals surface area contributed by atoms with E-state index in [-0.39, 0.29) is 54.2 Å². The molecule has 19 heteroatoms. The van der Waals surface area contributed by atoms with E-state index in [1.54, 1.807) is 30.5 Å². The summed E-state index contributed by atoms with van der Waals surface area (Å²) in [5, 5.41) is 35.8. The number of amides is 3. The van der Waals surface area contributed by atoms with Gasteiger partial charge in [0, 0.05) is 73.4 Å². The average Bonchev–Trinajstić information content (AvgIpc) is 3.60. The monoisotopic (exact) mass is 1050 g/mol. The molecule has 344 valence electrons. The smallest absolute Gasteiger partial charge is 0.481 e. The van der Waals surface area contributed by atoms with Gasteiger partial charge in [0.05, 0.1) is 25.0 Å². The van der Waals surface area contributed by atoms with Crippen molar-refractivity contribution in [2.24, 2.45) is 23.5 Å². The van der Waals surface area contributed by atoms with Crippen LogP contribution < -0.4 is 21.7 Å². The summed E-state index contributed by atoms with van der Waals surface area (Å²) in [6.07, 6.45) is -1.21. The molecule has 3 aromatic rings. The second kappa shape index (κ2) is 29.6. The van der Waals surface area contributed by atoms with Gasteiger partial charge in [-0.1, -0.05) is 37.3 Å². The molecule has 3 amide bonds. The number of likely N-dealkylation sites (N-methyl/N-ethyl adjacent to an activating group) is 1. The van der Waals surface area contributed by atoms with Gasteiger partial charge in [0.2, 0.25) is 17.7 Å². The van der Waals surface area contributed by atoms with E-state index in [1.165, 1.54) is 25.2 Å². The van der Waals surface area contributed by atoms with Crippen molar-refractivity contribution < 1.29 is 83.9 Å². The maximum Gasteiger partial charge on any atom is 2.00 e. The molecule has 2 aromatic carbocycles. The number of carbonyl (C=O) groups is 9. The maximum atomic E-state index is 14.2. The summed E-state index contributed by atoms with van der Waals surface area (Å²) in [5.41, 5.74) is 7.18. The molecule has 0 fully saturated rings. The molecule has 0 bridgehead atoms. The Morgan fingerprint density at radius 1 is 0.762 bits per heavy atom.